The summed E-state index contributed by atoms with van der Waals surface area (Å²) in [6, 6.07) is 3.67. The van der Waals surface area contributed by atoms with Crippen LogP contribution in [0.1, 0.15) is 11.8 Å². The second-order valence-corrected chi connectivity index (χ2v) is 5.40. The summed E-state index contributed by atoms with van der Waals surface area (Å²) in [6.45, 7) is 2.10. The van der Waals surface area contributed by atoms with E-state index in [2.05, 4.69) is 33.3 Å². The van der Waals surface area contributed by atoms with Crippen LogP contribution >= 0.6 is 11.3 Å². The van der Waals surface area contributed by atoms with E-state index in [1.165, 1.54) is 17.3 Å². The normalized spacial score (nSPS) is 10.9. The molecular formula is C14H13FN4S. The molecule has 0 aromatic carbocycles. The first-order valence-corrected chi connectivity index (χ1v) is 7.12. The van der Waals surface area contributed by atoms with Gasteiger partial charge >= 0.3 is 0 Å². The van der Waals surface area contributed by atoms with Crippen LogP contribution in [-0.4, -0.2) is 22.0 Å². The SMILES string of the molecule is CCc1cc2c(NC)nc(-c3ccncc3F)nc2s1. The molecule has 102 valence electrons. The molecule has 3 aromatic rings. The second kappa shape index (κ2) is 5.13. The van der Waals surface area contributed by atoms with Gasteiger partial charge in [0.25, 0.3) is 0 Å². The van der Waals surface area contributed by atoms with Crippen molar-refractivity contribution in [3.8, 4) is 11.4 Å². The number of rotatable bonds is 3. The second-order valence-electron chi connectivity index (χ2n) is 4.29. The van der Waals surface area contributed by atoms with Crippen LogP contribution in [0.2, 0.25) is 0 Å². The Labute approximate surface area is 119 Å². The van der Waals surface area contributed by atoms with Crippen molar-refractivity contribution in [2.75, 3.05) is 12.4 Å². The van der Waals surface area contributed by atoms with Crippen molar-refractivity contribution in [3.05, 3.63) is 35.2 Å². The smallest absolute Gasteiger partial charge is 0.166 e. The van der Waals surface area contributed by atoms with Crippen LogP contribution in [0.5, 0.6) is 0 Å². The summed E-state index contributed by atoms with van der Waals surface area (Å²) >= 11 is 1.61. The number of anilines is 1. The minimum absolute atomic E-state index is 0.366. The molecule has 3 heterocycles. The lowest BCUT2D eigenvalue weighted by Crippen LogP contribution is -1.98. The summed E-state index contributed by atoms with van der Waals surface area (Å²) in [4.78, 5) is 14.7. The van der Waals surface area contributed by atoms with E-state index in [1.807, 2.05) is 0 Å². The summed E-state index contributed by atoms with van der Waals surface area (Å²) in [5.74, 6) is 0.685. The van der Waals surface area contributed by atoms with Crippen molar-refractivity contribution >= 4 is 27.4 Å². The Morgan fingerprint density at radius 1 is 1.35 bits per heavy atom. The zero-order valence-electron chi connectivity index (χ0n) is 11.1. The number of fused-ring (bicyclic) bond motifs is 1. The standard InChI is InChI=1S/C14H13FN4S/c1-3-8-6-10-12(16-2)18-13(19-14(10)20-8)9-4-5-17-7-11(9)15/h4-7H,3H2,1-2H3,(H,16,18,19). The first-order chi connectivity index (χ1) is 9.72. The average molecular weight is 288 g/mol. The van der Waals surface area contributed by atoms with Crippen molar-refractivity contribution in [2.45, 2.75) is 13.3 Å². The minimum Gasteiger partial charge on any atom is -0.372 e. The Kier molecular flexibility index (Phi) is 3.31. The highest BCUT2D eigenvalue weighted by molar-refractivity contribution is 7.18. The van der Waals surface area contributed by atoms with Crippen LogP contribution in [-0.2, 0) is 6.42 Å². The molecule has 0 amide bonds. The third-order valence-corrected chi connectivity index (χ3v) is 4.22. The van der Waals surface area contributed by atoms with Crippen LogP contribution in [0.3, 0.4) is 0 Å². The molecule has 0 atom stereocenters. The van der Waals surface area contributed by atoms with Gasteiger partial charge in [0.15, 0.2) is 11.6 Å². The average Bonchev–Trinajstić information content (AvgIpc) is 2.89. The van der Waals surface area contributed by atoms with Gasteiger partial charge in [0.2, 0.25) is 0 Å². The van der Waals surface area contributed by atoms with E-state index < -0.39 is 5.82 Å². The number of nitrogens with one attached hydrogen (secondary N) is 1. The van der Waals surface area contributed by atoms with Gasteiger partial charge in [0.1, 0.15) is 10.6 Å². The molecule has 1 N–H and O–H groups in total. The molecule has 0 saturated carbocycles. The van der Waals surface area contributed by atoms with Gasteiger partial charge in [-0.1, -0.05) is 6.92 Å². The predicted octanol–water partition coefficient (Wildman–Crippen LogP) is 3.50. The molecule has 0 fully saturated rings. The van der Waals surface area contributed by atoms with E-state index in [1.54, 1.807) is 24.5 Å². The van der Waals surface area contributed by atoms with E-state index in [0.29, 0.717) is 11.4 Å². The van der Waals surface area contributed by atoms with Crippen LogP contribution in [0.25, 0.3) is 21.6 Å². The molecule has 4 nitrogen and oxygen atoms in total. The van der Waals surface area contributed by atoms with Gasteiger partial charge < -0.3 is 5.32 Å². The molecule has 0 unspecified atom stereocenters. The van der Waals surface area contributed by atoms with Gasteiger partial charge in [-0.05, 0) is 18.6 Å². The highest BCUT2D eigenvalue weighted by Crippen LogP contribution is 2.31. The number of halogens is 1. The molecule has 20 heavy (non-hydrogen) atoms. The number of hydrogen-bond acceptors (Lipinski definition) is 5. The van der Waals surface area contributed by atoms with Gasteiger partial charge in [0, 0.05) is 18.1 Å². The Morgan fingerprint density at radius 3 is 2.90 bits per heavy atom. The maximum atomic E-state index is 13.8. The molecule has 0 saturated heterocycles. The Balaban J connectivity index is 2.25. The highest BCUT2D eigenvalue weighted by Gasteiger charge is 2.14. The monoisotopic (exact) mass is 288 g/mol. The van der Waals surface area contributed by atoms with Crippen LogP contribution in [0, 0.1) is 5.82 Å². The molecule has 0 aliphatic heterocycles. The third-order valence-electron chi connectivity index (χ3n) is 3.04. The summed E-state index contributed by atoms with van der Waals surface area (Å²) in [5.41, 5.74) is 0.366. The van der Waals surface area contributed by atoms with Crippen molar-refractivity contribution in [1.29, 1.82) is 0 Å². The quantitative estimate of drug-likeness (QED) is 0.801. The Bertz CT molecular complexity index is 769. The molecule has 0 aliphatic rings. The number of nitrogens with zero attached hydrogens (tertiary/aromatic N) is 3. The fourth-order valence-corrected chi connectivity index (χ4v) is 2.98. The van der Waals surface area contributed by atoms with Crippen LogP contribution < -0.4 is 5.32 Å². The molecule has 0 bridgehead atoms. The van der Waals surface area contributed by atoms with Crippen molar-refractivity contribution < 1.29 is 4.39 Å². The number of thiophene rings is 1. The number of hydrogen-bond donors (Lipinski definition) is 1. The molecule has 0 radical (unpaired) electrons. The van der Waals surface area contributed by atoms with Crippen LogP contribution in [0.4, 0.5) is 10.2 Å². The zero-order valence-corrected chi connectivity index (χ0v) is 12.0. The fraction of sp³-hybridized carbons (Fsp3) is 0.214. The first-order valence-electron chi connectivity index (χ1n) is 6.31. The van der Waals surface area contributed by atoms with Gasteiger partial charge in [0.05, 0.1) is 17.1 Å². The van der Waals surface area contributed by atoms with E-state index in [4.69, 9.17) is 0 Å². The number of pyridine rings is 1. The topological polar surface area (TPSA) is 50.7 Å². The predicted molar refractivity (Wildman–Crippen MR) is 79.5 cm³/mol. The fourth-order valence-electron chi connectivity index (χ4n) is 2.01. The van der Waals surface area contributed by atoms with Crippen LogP contribution in [0.15, 0.2) is 24.5 Å². The van der Waals surface area contributed by atoms with Crippen molar-refractivity contribution in [3.63, 3.8) is 0 Å². The highest BCUT2D eigenvalue weighted by atomic mass is 32.1. The lowest BCUT2D eigenvalue weighted by atomic mass is 10.2. The molecule has 3 rings (SSSR count). The van der Waals surface area contributed by atoms with E-state index in [-0.39, 0.29) is 0 Å². The zero-order chi connectivity index (χ0) is 14.1. The summed E-state index contributed by atoms with van der Waals surface area (Å²) < 4.78 is 13.8. The summed E-state index contributed by atoms with van der Waals surface area (Å²) in [6.07, 6.45) is 3.66. The number of aromatic nitrogens is 3. The van der Waals surface area contributed by atoms with Gasteiger partial charge in [-0.3, -0.25) is 4.98 Å². The summed E-state index contributed by atoms with van der Waals surface area (Å²) in [7, 11) is 1.80. The van der Waals surface area contributed by atoms with Gasteiger partial charge in [-0.15, -0.1) is 11.3 Å². The van der Waals surface area contributed by atoms with E-state index in [9.17, 15) is 4.39 Å². The van der Waals surface area contributed by atoms with Gasteiger partial charge in [-0.2, -0.15) is 0 Å². The van der Waals surface area contributed by atoms with Crippen molar-refractivity contribution in [1.82, 2.24) is 15.0 Å². The Hall–Kier alpha value is -2.08. The lowest BCUT2D eigenvalue weighted by molar-refractivity contribution is 0.624. The first kappa shape index (κ1) is 12.9. The maximum Gasteiger partial charge on any atom is 0.166 e. The van der Waals surface area contributed by atoms with Gasteiger partial charge in [-0.25, -0.2) is 14.4 Å². The third kappa shape index (κ3) is 2.12. The van der Waals surface area contributed by atoms with E-state index >= 15 is 0 Å². The number of aryl methyl sites for hydroxylation is 1. The molecule has 3 aromatic heterocycles. The molecule has 0 spiro atoms. The largest absolute Gasteiger partial charge is 0.372 e. The maximum absolute atomic E-state index is 13.8. The Morgan fingerprint density at radius 2 is 2.20 bits per heavy atom. The minimum atomic E-state index is -0.416. The lowest BCUT2D eigenvalue weighted by Gasteiger charge is -2.05. The van der Waals surface area contributed by atoms with Crippen molar-refractivity contribution in [2.24, 2.45) is 0 Å². The molecule has 6 heteroatoms. The molecule has 0 aliphatic carbocycles. The molecular weight excluding hydrogens is 275 g/mol. The summed E-state index contributed by atoms with van der Waals surface area (Å²) in [5, 5.41) is 4.03. The van der Waals surface area contributed by atoms with E-state index in [0.717, 1.165) is 22.5 Å².